The summed E-state index contributed by atoms with van der Waals surface area (Å²) in [5.41, 5.74) is 0.922. The smallest absolute Gasteiger partial charge is 0.266 e. The number of benzene rings is 7. The Morgan fingerprint density at radius 3 is 0.770 bits per heavy atom. The van der Waals surface area contributed by atoms with Crippen molar-refractivity contribution in [1.82, 2.24) is 0 Å². The van der Waals surface area contributed by atoms with E-state index in [1.165, 1.54) is 0 Å². The molecule has 2 heterocycles. The molecule has 0 aromatic heterocycles. The molecule has 4 amide bonds. The number of ether oxygens (including phenoxy) is 4. The van der Waals surface area contributed by atoms with Crippen LogP contribution in [-0.2, 0) is 0 Å². The number of carbonyl (C=O) groups is 4. The van der Waals surface area contributed by atoms with Gasteiger partial charge in [0, 0.05) is 63.2 Å². The van der Waals surface area contributed by atoms with Gasteiger partial charge in [-0.3, -0.25) is 19.2 Å². The second kappa shape index (κ2) is 22.0. The number of halogens is 4. The van der Waals surface area contributed by atoms with Crippen molar-refractivity contribution in [3.05, 3.63) is 103 Å². The minimum absolute atomic E-state index is 0.121. The van der Waals surface area contributed by atoms with Gasteiger partial charge in [0.25, 0.3) is 23.6 Å². The Kier molecular flexibility index (Phi) is 15.8. The highest BCUT2D eigenvalue weighted by Crippen LogP contribution is 2.55. The molecule has 388 valence electrons. The normalized spacial score (nSPS) is 13.8. The Hall–Kier alpha value is -5.52. The first-order valence-electron chi connectivity index (χ1n) is 26.2. The van der Waals surface area contributed by atoms with Crippen LogP contribution in [0.25, 0.3) is 43.1 Å². The fraction of sp³-hybridized carbons (Fsp3) is 0.400. The molecular weight excluding hydrogens is 1020 g/mol. The molecule has 0 saturated heterocycles. The Morgan fingerprint density at radius 2 is 0.568 bits per heavy atom. The number of imide groups is 2. The number of para-hydroxylation sites is 2. The van der Waals surface area contributed by atoms with E-state index in [2.05, 4.69) is 55.4 Å². The lowest BCUT2D eigenvalue weighted by Crippen LogP contribution is -2.41. The van der Waals surface area contributed by atoms with Gasteiger partial charge in [0.05, 0.1) is 48.7 Å². The average molecular weight is 1080 g/mol. The number of nitrogens with zero attached hydrogens (tertiary/aromatic N) is 2. The number of hydrogen-bond donors (Lipinski definition) is 0. The maximum absolute atomic E-state index is 15.3. The molecule has 0 bridgehead atoms. The standard InChI is InChI=1S/C60H62Cl4N2O8/c1-9-31(10-2)27-71-43-19-17-20-44(72-28-32(11-3)12-4)55(43)65-57(67)35-23-39(61)49-51-41(63)25-37-48-38(26-42(64)52(54(48)51)50-40(62)24-36(58(65)68)47(35)53(49)50)60(70)66(59(37)69)56-45(73-29-33(13-5)14-6)21-18-22-46(56)74-30-34(15-7)16-8/h17-26,31-34H,9-16,27-30H2,1-8H3. The first-order chi connectivity index (χ1) is 35.7. The van der Waals surface area contributed by atoms with Crippen molar-refractivity contribution in [3.63, 3.8) is 0 Å². The summed E-state index contributed by atoms with van der Waals surface area (Å²) in [5.74, 6) is -0.350. The fourth-order valence-corrected chi connectivity index (χ4v) is 11.9. The molecule has 10 nitrogen and oxygen atoms in total. The molecule has 0 N–H and O–H groups in total. The largest absolute Gasteiger partial charge is 0.491 e. The van der Waals surface area contributed by atoms with E-state index in [0.29, 0.717) is 92.5 Å². The van der Waals surface area contributed by atoms with Crippen molar-refractivity contribution >= 4 is 124 Å². The Labute approximate surface area is 452 Å². The van der Waals surface area contributed by atoms with E-state index < -0.39 is 23.6 Å². The molecule has 14 heteroatoms. The summed E-state index contributed by atoms with van der Waals surface area (Å²) in [5, 5.41) is 3.36. The summed E-state index contributed by atoms with van der Waals surface area (Å²) < 4.78 is 25.9. The maximum Gasteiger partial charge on any atom is 0.266 e. The van der Waals surface area contributed by atoms with Crippen molar-refractivity contribution in [2.45, 2.75) is 107 Å². The molecule has 2 aliphatic rings. The molecule has 0 radical (unpaired) electrons. The van der Waals surface area contributed by atoms with E-state index in [-0.39, 0.29) is 77.4 Å². The van der Waals surface area contributed by atoms with E-state index in [4.69, 9.17) is 65.4 Å². The molecule has 9 rings (SSSR count). The second-order valence-electron chi connectivity index (χ2n) is 19.7. The van der Waals surface area contributed by atoms with Crippen LogP contribution in [0, 0.1) is 23.7 Å². The number of fused-ring (bicyclic) bond motifs is 2. The van der Waals surface area contributed by atoms with E-state index >= 15 is 19.2 Å². The fourth-order valence-electron chi connectivity index (χ4n) is 10.7. The van der Waals surface area contributed by atoms with Gasteiger partial charge in [-0.25, -0.2) is 9.80 Å². The first kappa shape index (κ1) is 53.3. The van der Waals surface area contributed by atoms with Crippen molar-refractivity contribution in [2.75, 3.05) is 36.2 Å². The van der Waals surface area contributed by atoms with Gasteiger partial charge < -0.3 is 18.9 Å². The van der Waals surface area contributed by atoms with E-state index in [1.807, 2.05) is 0 Å². The lowest BCUT2D eigenvalue weighted by molar-refractivity contribution is 0.0874. The lowest BCUT2D eigenvalue weighted by Gasteiger charge is -2.33. The number of amides is 4. The van der Waals surface area contributed by atoms with Gasteiger partial charge in [-0.05, 0) is 72.2 Å². The highest BCUT2D eigenvalue weighted by atomic mass is 35.5. The molecule has 7 aromatic carbocycles. The van der Waals surface area contributed by atoms with Gasteiger partial charge in [0.2, 0.25) is 0 Å². The summed E-state index contributed by atoms with van der Waals surface area (Å²) in [6.45, 7) is 18.2. The van der Waals surface area contributed by atoms with Crippen LogP contribution < -0.4 is 28.7 Å². The summed E-state index contributed by atoms with van der Waals surface area (Å²) >= 11 is 29.7. The van der Waals surface area contributed by atoms with Gasteiger partial charge >= 0.3 is 0 Å². The molecule has 0 unspecified atom stereocenters. The number of carbonyl (C=O) groups excluding carboxylic acids is 4. The zero-order chi connectivity index (χ0) is 52.9. The number of anilines is 2. The van der Waals surface area contributed by atoms with Gasteiger partial charge in [-0.2, -0.15) is 0 Å². The van der Waals surface area contributed by atoms with Gasteiger partial charge in [0.15, 0.2) is 0 Å². The third-order valence-corrected chi connectivity index (χ3v) is 16.9. The molecule has 0 aliphatic carbocycles. The van der Waals surface area contributed by atoms with E-state index in [9.17, 15) is 0 Å². The molecular formula is C60H62Cl4N2O8. The average Bonchev–Trinajstić information content (AvgIpc) is 3.40. The van der Waals surface area contributed by atoms with Gasteiger partial charge in [-0.15, -0.1) is 0 Å². The van der Waals surface area contributed by atoms with Crippen LogP contribution >= 0.6 is 46.4 Å². The Bertz CT molecular complexity index is 2940. The maximum atomic E-state index is 15.3. The van der Waals surface area contributed by atoms with Crippen molar-refractivity contribution in [2.24, 2.45) is 23.7 Å². The van der Waals surface area contributed by atoms with Crippen LogP contribution in [0.15, 0.2) is 60.7 Å². The summed E-state index contributed by atoms with van der Waals surface area (Å²) in [7, 11) is 0. The topological polar surface area (TPSA) is 112 Å². The molecule has 0 atom stereocenters. The van der Waals surface area contributed by atoms with Crippen molar-refractivity contribution < 1.29 is 38.1 Å². The first-order valence-corrected chi connectivity index (χ1v) is 27.8. The zero-order valence-corrected chi connectivity index (χ0v) is 46.3. The van der Waals surface area contributed by atoms with Crippen LogP contribution in [0.3, 0.4) is 0 Å². The van der Waals surface area contributed by atoms with Crippen molar-refractivity contribution in [1.29, 1.82) is 0 Å². The van der Waals surface area contributed by atoms with Crippen LogP contribution in [0.1, 0.15) is 148 Å². The molecule has 0 fully saturated rings. The molecule has 74 heavy (non-hydrogen) atoms. The molecule has 7 aromatic rings. The Balaban J connectivity index is 1.24. The summed E-state index contributed by atoms with van der Waals surface area (Å²) in [6.07, 6.45) is 7.04. The number of rotatable bonds is 22. The number of hydrogen-bond acceptors (Lipinski definition) is 8. The molecule has 0 spiro atoms. The zero-order valence-electron chi connectivity index (χ0n) is 43.2. The predicted molar refractivity (Wildman–Crippen MR) is 301 cm³/mol. The third kappa shape index (κ3) is 8.95. The SMILES string of the molecule is CCC(CC)COc1cccc(OCC(CC)CC)c1N1C(=O)c2cc(Cl)c3c4c(Cl)cc5c6c(cc(Cl)c(c7c(Cl)cc(c2c37)C1=O)c64)C(=O)N(c1c(OCC(CC)CC)cccc1OCC(CC)CC)C5=O. The van der Waals surface area contributed by atoms with Crippen LogP contribution in [0.4, 0.5) is 11.4 Å². The van der Waals surface area contributed by atoms with Crippen molar-refractivity contribution in [3.8, 4) is 23.0 Å². The monoisotopic (exact) mass is 1080 g/mol. The Morgan fingerprint density at radius 1 is 0.351 bits per heavy atom. The highest BCUT2D eigenvalue weighted by Gasteiger charge is 2.43. The van der Waals surface area contributed by atoms with E-state index in [1.54, 1.807) is 60.7 Å². The highest BCUT2D eigenvalue weighted by molar-refractivity contribution is 6.57. The lowest BCUT2D eigenvalue weighted by atomic mass is 9.82. The van der Waals surface area contributed by atoms with E-state index in [0.717, 1.165) is 61.2 Å². The van der Waals surface area contributed by atoms with Crippen LogP contribution in [0.5, 0.6) is 23.0 Å². The summed E-state index contributed by atoms with van der Waals surface area (Å²) in [6, 6.07) is 16.7. The minimum Gasteiger partial charge on any atom is -0.491 e. The minimum atomic E-state index is -0.646. The molecule has 2 aliphatic heterocycles. The van der Waals surface area contributed by atoms with Gasteiger partial charge in [0.1, 0.15) is 34.4 Å². The quantitative estimate of drug-likeness (QED) is 0.0375. The second-order valence-corrected chi connectivity index (χ2v) is 21.3. The van der Waals surface area contributed by atoms with Gasteiger partial charge in [-0.1, -0.05) is 165 Å². The van der Waals surface area contributed by atoms with Crippen LogP contribution in [-0.4, -0.2) is 50.1 Å². The summed E-state index contributed by atoms with van der Waals surface area (Å²) in [4.78, 5) is 63.5. The third-order valence-electron chi connectivity index (χ3n) is 15.7. The van der Waals surface area contributed by atoms with Crippen LogP contribution in [0.2, 0.25) is 20.1 Å². The predicted octanol–water partition coefficient (Wildman–Crippen LogP) is 17.2. The molecule has 0 saturated carbocycles.